The van der Waals surface area contributed by atoms with Crippen molar-refractivity contribution in [2.45, 2.75) is 38.9 Å². The van der Waals surface area contributed by atoms with Gasteiger partial charge in [-0.3, -0.25) is 4.90 Å². The van der Waals surface area contributed by atoms with Crippen molar-refractivity contribution in [3.63, 3.8) is 0 Å². The zero-order chi connectivity index (χ0) is 15.9. The van der Waals surface area contributed by atoms with Crippen molar-refractivity contribution >= 4 is 17.0 Å². The van der Waals surface area contributed by atoms with Gasteiger partial charge in [-0.05, 0) is 18.1 Å². The molecule has 0 atom stereocenters. The molecule has 0 radical (unpaired) electrons. The standard InChI is InChI=1S/C14H34N2O3Si2/c1-7-20(8-2,9-3)16-12-10-15(11-13-16)14-21(17-4,18-5)19-6/h7-14H2,1-6H3. The van der Waals surface area contributed by atoms with Gasteiger partial charge in [-0.25, -0.2) is 0 Å². The molecule has 0 aliphatic carbocycles. The van der Waals surface area contributed by atoms with Gasteiger partial charge in [-0.1, -0.05) is 20.8 Å². The summed E-state index contributed by atoms with van der Waals surface area (Å²) in [4.78, 5) is 2.44. The summed E-state index contributed by atoms with van der Waals surface area (Å²) in [6, 6.07) is 4.10. The van der Waals surface area contributed by atoms with E-state index in [-0.39, 0.29) is 0 Å². The van der Waals surface area contributed by atoms with Crippen LogP contribution in [0.3, 0.4) is 0 Å². The lowest BCUT2D eigenvalue weighted by atomic mass is 10.4. The molecule has 0 aromatic heterocycles. The molecule has 0 aromatic rings. The van der Waals surface area contributed by atoms with Gasteiger partial charge < -0.3 is 17.8 Å². The minimum Gasteiger partial charge on any atom is -0.376 e. The molecule has 0 spiro atoms. The molecular formula is C14H34N2O3Si2. The van der Waals surface area contributed by atoms with Gasteiger partial charge >= 0.3 is 8.80 Å². The van der Waals surface area contributed by atoms with E-state index in [2.05, 4.69) is 30.2 Å². The van der Waals surface area contributed by atoms with Crippen LogP contribution in [0.5, 0.6) is 0 Å². The average molecular weight is 335 g/mol. The first-order valence-electron chi connectivity index (χ1n) is 8.18. The number of nitrogens with zero attached hydrogens (tertiary/aromatic N) is 2. The molecule has 1 heterocycles. The van der Waals surface area contributed by atoms with Crippen LogP contribution in [0.1, 0.15) is 20.8 Å². The predicted molar refractivity (Wildman–Crippen MR) is 92.0 cm³/mol. The van der Waals surface area contributed by atoms with E-state index in [9.17, 15) is 0 Å². The summed E-state index contributed by atoms with van der Waals surface area (Å²) in [5.41, 5.74) is 0. The molecule has 1 aliphatic rings. The lowest BCUT2D eigenvalue weighted by Crippen LogP contribution is -2.62. The van der Waals surface area contributed by atoms with Gasteiger partial charge in [0.05, 0.1) is 6.17 Å². The Morgan fingerprint density at radius 3 is 1.52 bits per heavy atom. The molecular weight excluding hydrogens is 300 g/mol. The van der Waals surface area contributed by atoms with Gasteiger partial charge in [-0.15, -0.1) is 0 Å². The predicted octanol–water partition coefficient (Wildman–Crippen LogP) is 2.03. The molecule has 1 fully saturated rings. The second-order valence-corrected chi connectivity index (χ2v) is 14.0. The molecule has 0 N–H and O–H groups in total. The van der Waals surface area contributed by atoms with Crippen LogP contribution in [0, 0.1) is 0 Å². The van der Waals surface area contributed by atoms with Crippen LogP contribution < -0.4 is 0 Å². The van der Waals surface area contributed by atoms with Crippen LogP contribution in [-0.4, -0.2) is 80.2 Å². The fraction of sp³-hybridized carbons (Fsp3) is 1.00. The van der Waals surface area contributed by atoms with Gasteiger partial charge in [0.15, 0.2) is 0 Å². The molecule has 0 unspecified atom stereocenters. The van der Waals surface area contributed by atoms with Crippen LogP contribution in [0.25, 0.3) is 0 Å². The molecule has 0 saturated carbocycles. The third-order valence-electron chi connectivity index (χ3n) is 5.37. The SMILES string of the molecule is CC[Si](CC)(CC)N1CCN(C[Si](OC)(OC)OC)CC1. The molecule has 1 rings (SSSR count). The van der Waals surface area contributed by atoms with Crippen molar-refractivity contribution in [1.82, 2.24) is 9.47 Å². The third kappa shape index (κ3) is 4.37. The first kappa shape index (κ1) is 19.3. The Balaban J connectivity index is 2.59. The zero-order valence-corrected chi connectivity index (χ0v) is 16.8. The van der Waals surface area contributed by atoms with Crippen LogP contribution in [0.4, 0.5) is 0 Å². The minimum absolute atomic E-state index is 0.795. The van der Waals surface area contributed by atoms with E-state index in [4.69, 9.17) is 13.3 Å². The van der Waals surface area contributed by atoms with E-state index in [1.165, 1.54) is 31.2 Å². The number of hydrogen-bond acceptors (Lipinski definition) is 5. The zero-order valence-electron chi connectivity index (χ0n) is 14.8. The maximum absolute atomic E-state index is 5.54. The molecule has 0 bridgehead atoms. The van der Waals surface area contributed by atoms with Gasteiger partial charge in [0.1, 0.15) is 8.24 Å². The highest BCUT2D eigenvalue weighted by atomic mass is 28.4. The summed E-state index contributed by atoms with van der Waals surface area (Å²) in [7, 11) is 1.40. The summed E-state index contributed by atoms with van der Waals surface area (Å²) in [6.45, 7) is 11.7. The Kier molecular flexibility index (Phi) is 8.04. The Morgan fingerprint density at radius 1 is 0.762 bits per heavy atom. The first-order valence-corrected chi connectivity index (χ1v) is 12.7. The van der Waals surface area contributed by atoms with Crippen molar-refractivity contribution in [1.29, 1.82) is 0 Å². The van der Waals surface area contributed by atoms with E-state index in [1.807, 2.05) is 0 Å². The highest BCUT2D eigenvalue weighted by Crippen LogP contribution is 2.26. The molecule has 21 heavy (non-hydrogen) atoms. The molecule has 1 saturated heterocycles. The Bertz CT molecular complexity index is 275. The van der Waals surface area contributed by atoms with Crippen LogP contribution >= 0.6 is 0 Å². The summed E-state index contributed by atoms with van der Waals surface area (Å²) in [6.07, 6.45) is 0.795. The fourth-order valence-corrected chi connectivity index (χ4v) is 9.26. The lowest BCUT2D eigenvalue weighted by Gasteiger charge is -2.46. The van der Waals surface area contributed by atoms with Crippen molar-refractivity contribution < 1.29 is 13.3 Å². The third-order valence-corrected chi connectivity index (χ3v) is 13.8. The highest BCUT2D eigenvalue weighted by molar-refractivity contribution is 6.77. The van der Waals surface area contributed by atoms with Crippen LogP contribution in [0.15, 0.2) is 0 Å². The van der Waals surface area contributed by atoms with Crippen LogP contribution in [-0.2, 0) is 13.3 Å². The van der Waals surface area contributed by atoms with Gasteiger partial charge in [0, 0.05) is 47.5 Å². The summed E-state index contributed by atoms with van der Waals surface area (Å²) in [5, 5.41) is 0. The minimum atomic E-state index is -2.48. The Hall–Kier alpha value is 0.234. The summed E-state index contributed by atoms with van der Waals surface area (Å²) < 4.78 is 19.5. The van der Waals surface area contributed by atoms with E-state index < -0.39 is 17.0 Å². The first-order chi connectivity index (χ1) is 10.0. The van der Waals surface area contributed by atoms with Crippen LogP contribution in [0.2, 0.25) is 18.1 Å². The molecule has 1 aliphatic heterocycles. The summed E-state index contributed by atoms with van der Waals surface area (Å²) in [5.74, 6) is 0. The van der Waals surface area contributed by atoms with Gasteiger partial charge in [-0.2, -0.15) is 0 Å². The van der Waals surface area contributed by atoms with Crippen molar-refractivity contribution in [2.24, 2.45) is 0 Å². The lowest BCUT2D eigenvalue weighted by molar-refractivity contribution is 0.0928. The van der Waals surface area contributed by atoms with Crippen molar-refractivity contribution in [3.05, 3.63) is 0 Å². The number of rotatable bonds is 9. The van der Waals surface area contributed by atoms with E-state index in [0.717, 1.165) is 19.3 Å². The quantitative estimate of drug-likeness (QED) is 0.603. The van der Waals surface area contributed by atoms with E-state index in [1.54, 1.807) is 21.3 Å². The second kappa shape index (κ2) is 8.76. The number of piperazine rings is 1. The van der Waals surface area contributed by atoms with Gasteiger partial charge in [0.2, 0.25) is 0 Å². The van der Waals surface area contributed by atoms with E-state index in [0.29, 0.717) is 0 Å². The molecule has 0 amide bonds. The molecule has 0 aromatic carbocycles. The van der Waals surface area contributed by atoms with Crippen molar-refractivity contribution in [3.8, 4) is 0 Å². The topological polar surface area (TPSA) is 34.2 Å². The maximum atomic E-state index is 5.54. The maximum Gasteiger partial charge on any atom is 0.514 e. The summed E-state index contributed by atoms with van der Waals surface area (Å²) >= 11 is 0. The Labute approximate surface area is 133 Å². The fourth-order valence-electron chi connectivity index (χ4n) is 3.52. The van der Waals surface area contributed by atoms with Gasteiger partial charge in [0.25, 0.3) is 0 Å². The smallest absolute Gasteiger partial charge is 0.376 e. The largest absolute Gasteiger partial charge is 0.514 e. The second-order valence-electron chi connectivity index (χ2n) is 5.84. The monoisotopic (exact) mass is 334 g/mol. The Morgan fingerprint density at radius 2 is 1.19 bits per heavy atom. The highest BCUT2D eigenvalue weighted by Gasteiger charge is 2.42. The number of hydrogen-bond donors (Lipinski definition) is 0. The molecule has 5 nitrogen and oxygen atoms in total. The molecule has 7 heteroatoms. The van der Waals surface area contributed by atoms with E-state index >= 15 is 0 Å². The van der Waals surface area contributed by atoms with Crippen molar-refractivity contribution in [2.75, 3.05) is 53.7 Å². The molecule has 126 valence electrons. The average Bonchev–Trinajstić information content (AvgIpc) is 2.56. The normalized spacial score (nSPS) is 19.1.